The van der Waals surface area contributed by atoms with Crippen LogP contribution in [0.2, 0.25) is 0 Å². The Balaban J connectivity index is 2.11. The molecule has 1 nitrogen and oxygen atoms in total. The monoisotopic (exact) mass is 267 g/mol. The van der Waals surface area contributed by atoms with E-state index in [4.69, 9.17) is 0 Å². The van der Waals surface area contributed by atoms with Crippen LogP contribution in [0.4, 0.5) is 0 Å². The van der Waals surface area contributed by atoms with Crippen LogP contribution in [0.25, 0.3) is 0 Å². The van der Waals surface area contributed by atoms with Crippen LogP contribution in [0.15, 0.2) is 65.7 Å². The number of hydrogen-bond donors (Lipinski definition) is 0. The van der Waals surface area contributed by atoms with Gasteiger partial charge in [0.05, 0.1) is 17.0 Å². The number of thioether (sulfide) groups is 1. The molecule has 2 aromatic rings. The van der Waals surface area contributed by atoms with E-state index in [9.17, 15) is 0 Å². The number of rotatable bonds is 3. The van der Waals surface area contributed by atoms with Crippen molar-refractivity contribution in [2.24, 2.45) is 4.99 Å². The van der Waals surface area contributed by atoms with Crippen LogP contribution in [0.5, 0.6) is 0 Å². The molecule has 96 valence electrons. The zero-order chi connectivity index (χ0) is 13.1. The molecule has 0 N–H and O–H groups in total. The molecular weight excluding hydrogens is 250 g/mol. The predicted octanol–water partition coefficient (Wildman–Crippen LogP) is 4.14. The van der Waals surface area contributed by atoms with Gasteiger partial charge in [0.1, 0.15) is 0 Å². The maximum Gasteiger partial charge on any atom is 0.0876 e. The summed E-state index contributed by atoms with van der Waals surface area (Å²) in [6.45, 7) is 3.05. The van der Waals surface area contributed by atoms with Crippen LogP contribution < -0.4 is 0 Å². The number of hydrogen-bond acceptors (Lipinski definition) is 2. The molecule has 0 bridgehead atoms. The molecule has 1 aliphatic heterocycles. The third-order valence-corrected chi connectivity index (χ3v) is 4.68. The van der Waals surface area contributed by atoms with Crippen LogP contribution >= 0.6 is 11.8 Å². The Bertz CT molecular complexity index is 535. The molecule has 0 fully saturated rings. The molecule has 0 aromatic heterocycles. The summed E-state index contributed by atoms with van der Waals surface area (Å²) in [5, 5.41) is 1.26. The fourth-order valence-electron chi connectivity index (χ4n) is 2.65. The van der Waals surface area contributed by atoms with Crippen LogP contribution in [0.1, 0.15) is 18.1 Å². The van der Waals surface area contributed by atoms with Crippen molar-refractivity contribution >= 4 is 16.8 Å². The quantitative estimate of drug-likeness (QED) is 0.814. The van der Waals surface area contributed by atoms with Crippen LogP contribution in [-0.2, 0) is 5.41 Å². The molecule has 1 aliphatic rings. The lowest BCUT2D eigenvalue weighted by molar-refractivity contribution is 0.649. The van der Waals surface area contributed by atoms with Gasteiger partial charge in [-0.25, -0.2) is 0 Å². The number of nitrogens with zero attached hydrogens (tertiary/aromatic N) is 1. The van der Waals surface area contributed by atoms with Gasteiger partial charge in [-0.1, -0.05) is 67.6 Å². The highest BCUT2D eigenvalue weighted by atomic mass is 32.2. The average molecular weight is 267 g/mol. The zero-order valence-corrected chi connectivity index (χ0v) is 11.9. The van der Waals surface area contributed by atoms with Crippen molar-refractivity contribution in [3.8, 4) is 0 Å². The molecule has 2 heteroatoms. The molecule has 0 saturated heterocycles. The third kappa shape index (κ3) is 2.00. The smallest absolute Gasteiger partial charge is 0.0876 e. The molecule has 0 aliphatic carbocycles. The standard InChI is InChI=1S/C17H17NS/c1-2-19-16-17(13-18-16,14-9-5-3-6-10-14)15-11-7-4-8-12-15/h3-12H,2,13H2,1H3. The van der Waals surface area contributed by atoms with Gasteiger partial charge in [0.2, 0.25) is 0 Å². The van der Waals surface area contributed by atoms with Crippen molar-refractivity contribution in [2.45, 2.75) is 12.3 Å². The van der Waals surface area contributed by atoms with Crippen molar-refractivity contribution in [1.29, 1.82) is 0 Å². The molecule has 3 rings (SSSR count). The summed E-state index contributed by atoms with van der Waals surface area (Å²) >= 11 is 1.86. The van der Waals surface area contributed by atoms with Gasteiger partial charge in [0, 0.05) is 0 Å². The molecule has 0 saturated carbocycles. The Morgan fingerprint density at radius 2 is 1.47 bits per heavy atom. The minimum Gasteiger partial charge on any atom is -0.280 e. The lowest BCUT2D eigenvalue weighted by atomic mass is 9.72. The van der Waals surface area contributed by atoms with E-state index in [0.717, 1.165) is 12.3 Å². The Morgan fingerprint density at radius 3 is 1.84 bits per heavy atom. The van der Waals surface area contributed by atoms with Crippen LogP contribution in [-0.4, -0.2) is 17.3 Å². The fraction of sp³-hybridized carbons (Fsp3) is 0.235. The minimum atomic E-state index is -0.0107. The van der Waals surface area contributed by atoms with E-state index in [1.54, 1.807) is 0 Å². The van der Waals surface area contributed by atoms with E-state index in [-0.39, 0.29) is 5.41 Å². The molecule has 0 atom stereocenters. The summed E-state index contributed by atoms with van der Waals surface area (Å²) < 4.78 is 0. The van der Waals surface area contributed by atoms with Gasteiger partial charge in [-0.05, 0) is 16.9 Å². The first-order valence-corrected chi connectivity index (χ1v) is 7.65. The summed E-state index contributed by atoms with van der Waals surface area (Å²) in [5.74, 6) is 1.07. The largest absolute Gasteiger partial charge is 0.280 e. The van der Waals surface area contributed by atoms with Gasteiger partial charge in [-0.15, -0.1) is 11.8 Å². The highest BCUT2D eigenvalue weighted by molar-refractivity contribution is 8.14. The second-order valence-corrected chi connectivity index (χ2v) is 5.94. The second-order valence-electron chi connectivity index (χ2n) is 4.69. The van der Waals surface area contributed by atoms with E-state index < -0.39 is 0 Å². The molecule has 0 unspecified atom stereocenters. The van der Waals surface area contributed by atoms with Gasteiger partial charge in [-0.2, -0.15) is 0 Å². The maximum absolute atomic E-state index is 4.64. The van der Waals surface area contributed by atoms with E-state index >= 15 is 0 Å². The fourth-order valence-corrected chi connectivity index (χ4v) is 3.62. The highest BCUT2D eigenvalue weighted by Crippen LogP contribution is 2.43. The van der Waals surface area contributed by atoms with E-state index in [2.05, 4.69) is 72.6 Å². The molecular formula is C17H17NS. The van der Waals surface area contributed by atoms with Crippen molar-refractivity contribution in [3.05, 3.63) is 71.8 Å². The summed E-state index contributed by atoms with van der Waals surface area (Å²) in [5.41, 5.74) is 2.70. The Labute approximate surface area is 118 Å². The summed E-state index contributed by atoms with van der Waals surface area (Å²) in [4.78, 5) is 4.64. The Hall–Kier alpha value is -1.54. The van der Waals surface area contributed by atoms with Crippen molar-refractivity contribution in [1.82, 2.24) is 0 Å². The molecule has 19 heavy (non-hydrogen) atoms. The van der Waals surface area contributed by atoms with E-state index in [1.165, 1.54) is 16.2 Å². The predicted molar refractivity (Wildman–Crippen MR) is 84.1 cm³/mol. The Kier molecular flexibility index (Phi) is 3.43. The summed E-state index contributed by atoms with van der Waals surface area (Å²) in [6, 6.07) is 21.5. The summed E-state index contributed by atoms with van der Waals surface area (Å²) in [6.07, 6.45) is 0. The van der Waals surface area contributed by atoms with Crippen LogP contribution in [0.3, 0.4) is 0 Å². The first-order valence-electron chi connectivity index (χ1n) is 6.66. The van der Waals surface area contributed by atoms with Gasteiger partial charge < -0.3 is 0 Å². The number of benzene rings is 2. The Morgan fingerprint density at radius 1 is 0.947 bits per heavy atom. The zero-order valence-electron chi connectivity index (χ0n) is 11.0. The molecule has 0 amide bonds. The van der Waals surface area contributed by atoms with Gasteiger partial charge in [-0.3, -0.25) is 4.99 Å². The third-order valence-electron chi connectivity index (χ3n) is 3.64. The van der Waals surface area contributed by atoms with Crippen LogP contribution in [0, 0.1) is 0 Å². The van der Waals surface area contributed by atoms with Crippen molar-refractivity contribution in [3.63, 3.8) is 0 Å². The first kappa shape index (κ1) is 12.5. The SMILES string of the molecule is CCSC1=NCC1(c1ccccc1)c1ccccc1. The van der Waals surface area contributed by atoms with Gasteiger partial charge in [0.25, 0.3) is 0 Å². The minimum absolute atomic E-state index is 0.0107. The maximum atomic E-state index is 4.64. The van der Waals surface area contributed by atoms with Gasteiger partial charge in [0.15, 0.2) is 0 Å². The average Bonchev–Trinajstić information content (AvgIpc) is 2.46. The van der Waals surface area contributed by atoms with E-state index in [1.807, 2.05) is 11.8 Å². The topological polar surface area (TPSA) is 12.4 Å². The molecule has 2 aromatic carbocycles. The van der Waals surface area contributed by atoms with Crippen molar-refractivity contribution < 1.29 is 0 Å². The van der Waals surface area contributed by atoms with Gasteiger partial charge >= 0.3 is 0 Å². The lowest BCUT2D eigenvalue weighted by Crippen LogP contribution is -2.46. The van der Waals surface area contributed by atoms with E-state index in [0.29, 0.717) is 0 Å². The summed E-state index contributed by atoms with van der Waals surface area (Å²) in [7, 11) is 0. The number of aliphatic imine (C=N–C) groups is 1. The normalized spacial score (nSPS) is 16.6. The molecule has 1 heterocycles. The lowest BCUT2D eigenvalue weighted by Gasteiger charge is -2.41. The van der Waals surface area contributed by atoms with Crippen molar-refractivity contribution in [2.75, 3.05) is 12.3 Å². The molecule has 0 radical (unpaired) electrons. The molecule has 0 spiro atoms. The highest BCUT2D eigenvalue weighted by Gasteiger charge is 2.45. The first-order chi connectivity index (χ1) is 9.38. The second kappa shape index (κ2) is 5.22.